The van der Waals surface area contributed by atoms with Crippen molar-refractivity contribution in [1.29, 1.82) is 0 Å². The van der Waals surface area contributed by atoms with E-state index in [2.05, 4.69) is 27.8 Å². The van der Waals surface area contributed by atoms with Gasteiger partial charge in [-0.2, -0.15) is 0 Å². The molecule has 0 bridgehead atoms. The molecule has 0 amide bonds. The van der Waals surface area contributed by atoms with Gasteiger partial charge in [-0.05, 0) is 25.1 Å². The summed E-state index contributed by atoms with van der Waals surface area (Å²) in [6, 6.07) is 6.07. The maximum Gasteiger partial charge on any atom is 0.142 e. The molecule has 1 aromatic carbocycles. The molecule has 0 radical (unpaired) electrons. The molecule has 0 aliphatic rings. The van der Waals surface area contributed by atoms with Crippen molar-refractivity contribution in [3.63, 3.8) is 0 Å². The van der Waals surface area contributed by atoms with Gasteiger partial charge in [-0.1, -0.05) is 22.0 Å². The number of halogens is 1. The van der Waals surface area contributed by atoms with Gasteiger partial charge in [0, 0.05) is 10.5 Å². The lowest BCUT2D eigenvalue weighted by atomic mass is 10.2. The summed E-state index contributed by atoms with van der Waals surface area (Å²) in [5, 5.41) is 3.28. The van der Waals surface area contributed by atoms with Crippen LogP contribution in [0.3, 0.4) is 0 Å². The largest absolute Gasteiger partial charge is 0.495 e. The molecular formula is C11H14BrNO. The highest BCUT2D eigenvalue weighted by Gasteiger charge is 2.04. The van der Waals surface area contributed by atoms with Crippen molar-refractivity contribution in [3.05, 3.63) is 35.3 Å². The van der Waals surface area contributed by atoms with Crippen LogP contribution in [-0.2, 0) is 0 Å². The summed E-state index contributed by atoms with van der Waals surface area (Å²) >= 11 is 3.42. The highest BCUT2D eigenvalue weighted by Crippen LogP contribution is 2.28. The minimum absolute atomic E-state index is 0.221. The zero-order chi connectivity index (χ0) is 10.6. The minimum Gasteiger partial charge on any atom is -0.495 e. The molecular weight excluding hydrogens is 242 g/mol. The summed E-state index contributed by atoms with van der Waals surface area (Å²) < 4.78 is 6.25. The normalized spacial score (nSPS) is 11.9. The third-order valence-electron chi connectivity index (χ3n) is 1.90. The number of methoxy groups -OCH3 is 1. The van der Waals surface area contributed by atoms with E-state index in [0.29, 0.717) is 0 Å². The zero-order valence-electron chi connectivity index (χ0n) is 8.38. The Morgan fingerprint density at radius 1 is 1.57 bits per heavy atom. The second kappa shape index (κ2) is 5.05. The van der Waals surface area contributed by atoms with E-state index in [-0.39, 0.29) is 6.04 Å². The fourth-order valence-corrected chi connectivity index (χ4v) is 1.46. The molecule has 1 N–H and O–H groups in total. The van der Waals surface area contributed by atoms with Gasteiger partial charge in [-0.25, -0.2) is 0 Å². The lowest BCUT2D eigenvalue weighted by Crippen LogP contribution is -2.11. The van der Waals surface area contributed by atoms with Crippen LogP contribution in [0.15, 0.2) is 35.3 Å². The first kappa shape index (κ1) is 11.1. The van der Waals surface area contributed by atoms with Gasteiger partial charge in [0.25, 0.3) is 0 Å². The van der Waals surface area contributed by atoms with Crippen molar-refractivity contribution in [2.75, 3.05) is 12.4 Å². The molecule has 0 aliphatic heterocycles. The van der Waals surface area contributed by atoms with Crippen molar-refractivity contribution in [1.82, 2.24) is 0 Å². The maximum atomic E-state index is 5.23. The van der Waals surface area contributed by atoms with Crippen LogP contribution >= 0.6 is 15.9 Å². The minimum atomic E-state index is 0.221. The first-order valence-corrected chi connectivity index (χ1v) is 5.19. The quantitative estimate of drug-likeness (QED) is 0.833. The van der Waals surface area contributed by atoms with Gasteiger partial charge in [0.15, 0.2) is 0 Å². The molecule has 0 heterocycles. The van der Waals surface area contributed by atoms with Crippen LogP contribution in [0.4, 0.5) is 5.69 Å². The summed E-state index contributed by atoms with van der Waals surface area (Å²) in [6.45, 7) is 5.75. The Hall–Kier alpha value is -0.960. The molecule has 0 saturated heterocycles. The van der Waals surface area contributed by atoms with Crippen LogP contribution in [0, 0.1) is 0 Å². The van der Waals surface area contributed by atoms with Gasteiger partial charge < -0.3 is 10.1 Å². The summed E-state index contributed by atoms with van der Waals surface area (Å²) in [7, 11) is 1.66. The van der Waals surface area contributed by atoms with E-state index in [1.807, 2.05) is 31.2 Å². The molecule has 3 heteroatoms. The summed E-state index contributed by atoms with van der Waals surface area (Å²) in [6.07, 6.45) is 1.85. The smallest absolute Gasteiger partial charge is 0.142 e. The molecule has 1 aromatic rings. The maximum absolute atomic E-state index is 5.23. The Morgan fingerprint density at radius 3 is 2.86 bits per heavy atom. The molecule has 0 aliphatic carbocycles. The van der Waals surface area contributed by atoms with Gasteiger partial charge in [-0.3, -0.25) is 0 Å². The van der Waals surface area contributed by atoms with Gasteiger partial charge in [0.2, 0.25) is 0 Å². The van der Waals surface area contributed by atoms with E-state index in [9.17, 15) is 0 Å². The second-order valence-electron chi connectivity index (χ2n) is 3.01. The Morgan fingerprint density at radius 2 is 2.29 bits per heavy atom. The lowest BCUT2D eigenvalue weighted by Gasteiger charge is -2.14. The molecule has 76 valence electrons. The molecule has 0 saturated carbocycles. The van der Waals surface area contributed by atoms with Gasteiger partial charge in [0.05, 0.1) is 12.8 Å². The van der Waals surface area contributed by atoms with E-state index in [1.165, 1.54) is 0 Å². The van der Waals surface area contributed by atoms with Gasteiger partial charge in [0.1, 0.15) is 5.75 Å². The molecule has 2 nitrogen and oxygen atoms in total. The Bertz CT molecular complexity index is 325. The SMILES string of the molecule is C=CC(C)Nc1cc(Br)ccc1OC. The molecule has 0 spiro atoms. The van der Waals surface area contributed by atoms with Crippen molar-refractivity contribution in [2.24, 2.45) is 0 Å². The van der Waals surface area contributed by atoms with Crippen molar-refractivity contribution in [2.45, 2.75) is 13.0 Å². The predicted molar refractivity (Wildman–Crippen MR) is 64.0 cm³/mol. The zero-order valence-corrected chi connectivity index (χ0v) is 9.97. The Kier molecular flexibility index (Phi) is 4.01. The molecule has 1 unspecified atom stereocenters. The number of hydrogen-bond acceptors (Lipinski definition) is 2. The van der Waals surface area contributed by atoms with Crippen LogP contribution in [0.5, 0.6) is 5.75 Å². The fraction of sp³-hybridized carbons (Fsp3) is 0.273. The Balaban J connectivity index is 2.92. The summed E-state index contributed by atoms with van der Waals surface area (Å²) in [4.78, 5) is 0. The standard InChI is InChI=1S/C11H14BrNO/c1-4-8(2)13-10-7-9(12)5-6-11(10)14-3/h4-8,13H,1H2,2-3H3. The number of rotatable bonds is 4. The average molecular weight is 256 g/mol. The first-order chi connectivity index (χ1) is 6.67. The van der Waals surface area contributed by atoms with Crippen LogP contribution in [0.1, 0.15) is 6.92 Å². The van der Waals surface area contributed by atoms with Gasteiger partial charge in [-0.15, -0.1) is 6.58 Å². The third kappa shape index (κ3) is 2.77. The monoisotopic (exact) mass is 255 g/mol. The third-order valence-corrected chi connectivity index (χ3v) is 2.39. The number of hydrogen-bond donors (Lipinski definition) is 1. The number of ether oxygens (including phenoxy) is 1. The van der Waals surface area contributed by atoms with E-state index in [1.54, 1.807) is 7.11 Å². The number of nitrogens with one attached hydrogen (secondary N) is 1. The molecule has 1 atom stereocenters. The highest BCUT2D eigenvalue weighted by atomic mass is 79.9. The van der Waals surface area contributed by atoms with Crippen molar-refractivity contribution < 1.29 is 4.74 Å². The van der Waals surface area contributed by atoms with E-state index in [4.69, 9.17) is 4.74 Å². The van der Waals surface area contributed by atoms with E-state index < -0.39 is 0 Å². The van der Waals surface area contributed by atoms with Crippen LogP contribution in [-0.4, -0.2) is 13.2 Å². The average Bonchev–Trinajstić information content (AvgIpc) is 2.18. The second-order valence-corrected chi connectivity index (χ2v) is 3.93. The van der Waals surface area contributed by atoms with Crippen molar-refractivity contribution >= 4 is 21.6 Å². The van der Waals surface area contributed by atoms with E-state index >= 15 is 0 Å². The van der Waals surface area contributed by atoms with E-state index in [0.717, 1.165) is 15.9 Å². The lowest BCUT2D eigenvalue weighted by molar-refractivity contribution is 0.416. The predicted octanol–water partition coefficient (Wildman–Crippen LogP) is 3.44. The summed E-state index contributed by atoms with van der Waals surface area (Å²) in [5.41, 5.74) is 0.967. The number of anilines is 1. The first-order valence-electron chi connectivity index (χ1n) is 4.40. The summed E-state index contributed by atoms with van der Waals surface area (Å²) in [5.74, 6) is 0.835. The van der Waals surface area contributed by atoms with Crippen molar-refractivity contribution in [3.8, 4) is 5.75 Å². The number of benzene rings is 1. The fourth-order valence-electron chi connectivity index (χ4n) is 1.10. The van der Waals surface area contributed by atoms with Gasteiger partial charge >= 0.3 is 0 Å². The molecule has 1 rings (SSSR count). The molecule has 0 fully saturated rings. The van der Waals surface area contributed by atoms with Crippen LogP contribution in [0.2, 0.25) is 0 Å². The van der Waals surface area contributed by atoms with Crippen LogP contribution in [0.25, 0.3) is 0 Å². The molecule has 0 aromatic heterocycles. The Labute approximate surface area is 93.1 Å². The van der Waals surface area contributed by atoms with Crippen LogP contribution < -0.4 is 10.1 Å². The molecule has 14 heavy (non-hydrogen) atoms. The topological polar surface area (TPSA) is 21.3 Å². The highest BCUT2D eigenvalue weighted by molar-refractivity contribution is 9.10.